The molecule has 4 aliphatic heterocycles. The van der Waals surface area contributed by atoms with Crippen LogP contribution in [0.1, 0.15) is 82.4 Å². The van der Waals surface area contributed by atoms with Gasteiger partial charge in [-0.1, -0.05) is 24.3 Å². The smallest absolute Gasteiger partial charge is 0.433 e. The van der Waals surface area contributed by atoms with Crippen LogP contribution in [0, 0.1) is 5.92 Å². The van der Waals surface area contributed by atoms with Crippen LogP contribution in [0.25, 0.3) is 11.1 Å². The highest BCUT2D eigenvalue weighted by atomic mass is 19.4. The minimum Gasteiger partial charge on any atom is -0.508 e. The van der Waals surface area contributed by atoms with E-state index in [4.69, 9.17) is 0 Å². The molecule has 0 unspecified atom stereocenters. The van der Waals surface area contributed by atoms with Crippen LogP contribution in [0.2, 0.25) is 0 Å². The molecule has 5 heterocycles. The topological polar surface area (TPSA) is 109 Å². The molecule has 10 nitrogen and oxygen atoms in total. The van der Waals surface area contributed by atoms with Crippen molar-refractivity contribution in [2.24, 2.45) is 5.92 Å². The number of pyridine rings is 1. The Labute approximate surface area is 341 Å². The summed E-state index contributed by atoms with van der Waals surface area (Å²) in [6.07, 6.45) is 1.83. The molecular formula is C46H47F3N6O4. The molecule has 1 aliphatic carbocycles. The van der Waals surface area contributed by atoms with E-state index in [-0.39, 0.29) is 24.0 Å². The maximum absolute atomic E-state index is 13.4. The van der Waals surface area contributed by atoms with Crippen molar-refractivity contribution in [1.29, 1.82) is 0 Å². The number of nitrogens with one attached hydrogen (secondary N) is 1. The molecule has 4 aromatic rings. The van der Waals surface area contributed by atoms with Gasteiger partial charge in [0, 0.05) is 81.9 Å². The first kappa shape index (κ1) is 38.8. The molecule has 3 saturated heterocycles. The monoisotopic (exact) mass is 804 g/mol. The Bertz CT molecular complexity index is 2290. The lowest BCUT2D eigenvalue weighted by molar-refractivity contribution is -0.141. The van der Waals surface area contributed by atoms with E-state index in [9.17, 15) is 32.7 Å². The van der Waals surface area contributed by atoms with Gasteiger partial charge in [-0.25, -0.2) is 0 Å². The summed E-state index contributed by atoms with van der Waals surface area (Å²) in [5.74, 6) is -0.0385. The van der Waals surface area contributed by atoms with Crippen LogP contribution in [-0.2, 0) is 28.7 Å². The number of benzene rings is 3. The van der Waals surface area contributed by atoms with E-state index in [0.717, 1.165) is 122 Å². The summed E-state index contributed by atoms with van der Waals surface area (Å²) >= 11 is 0. The number of anilines is 2. The van der Waals surface area contributed by atoms with Gasteiger partial charge in [-0.3, -0.25) is 29.6 Å². The second-order valence-corrected chi connectivity index (χ2v) is 16.5. The lowest BCUT2D eigenvalue weighted by Gasteiger charge is -2.40. The summed E-state index contributed by atoms with van der Waals surface area (Å²) < 4.78 is 40.1. The maximum Gasteiger partial charge on any atom is 0.433 e. The molecule has 1 atom stereocenters. The van der Waals surface area contributed by atoms with Gasteiger partial charge in [0.15, 0.2) is 0 Å². The predicted octanol–water partition coefficient (Wildman–Crippen LogP) is 6.90. The third-order valence-corrected chi connectivity index (χ3v) is 12.8. The summed E-state index contributed by atoms with van der Waals surface area (Å²) in [7, 11) is 0. The zero-order valence-electron chi connectivity index (χ0n) is 32.8. The van der Waals surface area contributed by atoms with Crippen LogP contribution in [-0.4, -0.2) is 89.5 Å². The largest absolute Gasteiger partial charge is 0.508 e. The number of aromatic nitrogens is 1. The molecule has 2 N–H and O–H groups in total. The number of piperidine rings is 2. The molecule has 3 fully saturated rings. The molecule has 0 saturated carbocycles. The number of imide groups is 1. The average molecular weight is 805 g/mol. The minimum absolute atomic E-state index is 0.151. The molecule has 9 rings (SSSR count). The normalized spacial score (nSPS) is 20.8. The second kappa shape index (κ2) is 15.8. The van der Waals surface area contributed by atoms with E-state index in [1.165, 1.54) is 12.3 Å². The standard InChI is InChI=1S/C46H47F3N6O4/c47-46(48,49)41-14-6-32(26-50-41)37-3-1-2-31-25-36(56)10-12-38(31)43(37)30-4-7-34(8-5-30)53-18-16-29(17-19-53)27-52-20-22-54(23-21-52)35-9-11-39-33(24-35)28-55(45(39)59)40-13-15-42(57)51-44(40)58/h4-12,14,24-26,29,40,56H,1-3,13,15-23,27-28H2,(H,51,57,58)/t40-/m0/s1. The summed E-state index contributed by atoms with van der Waals surface area (Å²) in [5.41, 5.74) is 8.45. The quantitative estimate of drug-likeness (QED) is 0.195. The molecular weight excluding hydrogens is 758 g/mol. The Morgan fingerprint density at radius 1 is 0.729 bits per heavy atom. The van der Waals surface area contributed by atoms with Crippen molar-refractivity contribution in [3.8, 4) is 5.75 Å². The van der Waals surface area contributed by atoms with Crippen LogP contribution in [0.3, 0.4) is 0 Å². The number of carbonyl (C=O) groups excluding carboxylic acids is 3. The van der Waals surface area contributed by atoms with Gasteiger partial charge in [0.25, 0.3) is 5.91 Å². The van der Waals surface area contributed by atoms with Crippen LogP contribution in [0.4, 0.5) is 24.5 Å². The number of aromatic hydroxyl groups is 1. The van der Waals surface area contributed by atoms with Gasteiger partial charge in [-0.05, 0) is 132 Å². The average Bonchev–Trinajstić information content (AvgIpc) is 3.43. The van der Waals surface area contributed by atoms with E-state index < -0.39 is 23.8 Å². The number of phenolic OH excluding ortho intramolecular Hbond substituents is 1. The van der Waals surface area contributed by atoms with Crippen LogP contribution >= 0.6 is 0 Å². The lowest BCUT2D eigenvalue weighted by Crippen LogP contribution is -2.52. The van der Waals surface area contributed by atoms with Crippen molar-refractivity contribution in [2.75, 3.05) is 55.6 Å². The van der Waals surface area contributed by atoms with Crippen molar-refractivity contribution in [1.82, 2.24) is 20.1 Å². The maximum atomic E-state index is 13.4. The van der Waals surface area contributed by atoms with Crippen molar-refractivity contribution >= 4 is 40.2 Å². The number of halogens is 3. The molecule has 0 bridgehead atoms. The zero-order valence-corrected chi connectivity index (χ0v) is 32.8. The Morgan fingerprint density at radius 2 is 1.44 bits per heavy atom. The summed E-state index contributed by atoms with van der Waals surface area (Å²) in [6, 6.07) is 21.8. The number of alkyl halides is 3. The SMILES string of the molecule is O=C1CC[C@H](N2Cc3cc(N4CCN(CC5CCN(c6ccc(C7=C(c8ccc(C(F)(F)F)nc8)CCCc8cc(O)ccc87)cc6)CC5)CC4)ccc3C2=O)C(=O)N1. The van der Waals surface area contributed by atoms with Crippen molar-refractivity contribution in [2.45, 2.75) is 63.7 Å². The molecule has 306 valence electrons. The fourth-order valence-electron chi connectivity index (χ4n) is 9.66. The summed E-state index contributed by atoms with van der Waals surface area (Å²) in [4.78, 5) is 50.0. The first-order valence-electron chi connectivity index (χ1n) is 20.7. The molecule has 0 spiro atoms. The molecule has 13 heteroatoms. The van der Waals surface area contributed by atoms with Gasteiger partial charge in [-0.2, -0.15) is 13.2 Å². The molecule has 1 aromatic heterocycles. The Kier molecular flexibility index (Phi) is 10.4. The number of fused-ring (bicyclic) bond motifs is 2. The molecule has 3 amide bonds. The Morgan fingerprint density at radius 3 is 2.15 bits per heavy atom. The molecule has 59 heavy (non-hydrogen) atoms. The van der Waals surface area contributed by atoms with Crippen molar-refractivity contribution < 1.29 is 32.7 Å². The van der Waals surface area contributed by atoms with Gasteiger partial charge < -0.3 is 19.8 Å². The zero-order chi connectivity index (χ0) is 40.8. The second-order valence-electron chi connectivity index (χ2n) is 16.5. The number of carbonyl (C=O) groups is 3. The fourth-order valence-corrected chi connectivity index (χ4v) is 9.66. The molecule has 3 aromatic carbocycles. The number of hydrogen-bond acceptors (Lipinski definition) is 8. The lowest BCUT2D eigenvalue weighted by atomic mass is 9.88. The Hall–Kier alpha value is -5.69. The van der Waals surface area contributed by atoms with Crippen LogP contribution in [0.15, 0.2) is 79.0 Å². The highest BCUT2D eigenvalue weighted by molar-refractivity contribution is 6.05. The van der Waals surface area contributed by atoms with E-state index in [2.05, 4.69) is 55.3 Å². The number of allylic oxidation sites excluding steroid dienone is 1. The van der Waals surface area contributed by atoms with E-state index in [0.29, 0.717) is 36.4 Å². The van der Waals surface area contributed by atoms with E-state index >= 15 is 0 Å². The Balaban J connectivity index is 0.812. The molecule has 0 radical (unpaired) electrons. The van der Waals surface area contributed by atoms with E-state index in [1.54, 1.807) is 17.0 Å². The first-order valence-corrected chi connectivity index (χ1v) is 20.7. The number of rotatable bonds is 7. The number of phenols is 1. The highest BCUT2D eigenvalue weighted by Gasteiger charge is 2.39. The number of nitrogens with zero attached hydrogens (tertiary/aromatic N) is 5. The highest BCUT2D eigenvalue weighted by Crippen LogP contribution is 2.42. The van der Waals surface area contributed by atoms with Crippen molar-refractivity contribution in [3.63, 3.8) is 0 Å². The van der Waals surface area contributed by atoms with Crippen molar-refractivity contribution in [3.05, 3.63) is 118 Å². The first-order chi connectivity index (χ1) is 28.5. The minimum atomic E-state index is -4.51. The van der Waals surface area contributed by atoms with Gasteiger partial charge in [0.05, 0.1) is 0 Å². The number of aryl methyl sites for hydroxylation is 1. The van der Waals surface area contributed by atoms with Crippen LogP contribution < -0.4 is 15.1 Å². The van der Waals surface area contributed by atoms with Gasteiger partial charge in [-0.15, -0.1) is 0 Å². The molecule has 5 aliphatic rings. The number of amides is 3. The number of hydrogen-bond donors (Lipinski definition) is 2. The van der Waals surface area contributed by atoms with E-state index in [1.807, 2.05) is 18.2 Å². The van der Waals surface area contributed by atoms with Gasteiger partial charge in [0.2, 0.25) is 11.8 Å². The number of piperazine rings is 1. The third-order valence-electron chi connectivity index (χ3n) is 12.8. The summed E-state index contributed by atoms with van der Waals surface area (Å²) in [5, 5.41) is 12.7. The van der Waals surface area contributed by atoms with Gasteiger partial charge in [0.1, 0.15) is 17.5 Å². The summed E-state index contributed by atoms with van der Waals surface area (Å²) in [6.45, 7) is 7.07. The van der Waals surface area contributed by atoms with Gasteiger partial charge >= 0.3 is 6.18 Å². The third kappa shape index (κ3) is 7.92. The van der Waals surface area contributed by atoms with Crippen LogP contribution in [0.5, 0.6) is 5.75 Å². The fraction of sp³-hybridized carbons (Fsp3) is 0.391. The predicted molar refractivity (Wildman–Crippen MR) is 219 cm³/mol.